The molecule has 0 amide bonds. The molecule has 1 unspecified atom stereocenters. The Bertz CT molecular complexity index is 177. The van der Waals surface area contributed by atoms with Crippen LogP contribution in [0.25, 0.3) is 0 Å². The van der Waals surface area contributed by atoms with Crippen LogP contribution in [0.15, 0.2) is 24.8 Å². The Morgan fingerprint density at radius 1 is 1.55 bits per heavy atom. The van der Waals surface area contributed by atoms with Crippen LogP contribution in [-0.2, 0) is 4.79 Å². The number of carbonyl (C=O) groups excluding carboxylic acids is 1. The van der Waals surface area contributed by atoms with E-state index in [9.17, 15) is 4.79 Å². The SMILES string of the molecule is C=CC(C)(C)C(C=O)C(=C)C. The van der Waals surface area contributed by atoms with Gasteiger partial charge in [0.2, 0.25) is 0 Å². The van der Waals surface area contributed by atoms with Crippen LogP contribution >= 0.6 is 0 Å². The molecule has 0 saturated carbocycles. The van der Waals surface area contributed by atoms with Gasteiger partial charge in [-0.15, -0.1) is 6.58 Å². The van der Waals surface area contributed by atoms with E-state index in [4.69, 9.17) is 0 Å². The van der Waals surface area contributed by atoms with Gasteiger partial charge in [0.05, 0.1) is 0 Å². The van der Waals surface area contributed by atoms with E-state index >= 15 is 0 Å². The van der Waals surface area contributed by atoms with E-state index in [1.807, 2.05) is 20.8 Å². The first kappa shape index (κ1) is 10.2. The maximum Gasteiger partial charge on any atom is 0.127 e. The highest BCUT2D eigenvalue weighted by atomic mass is 16.1. The maximum atomic E-state index is 10.6. The third-order valence-corrected chi connectivity index (χ3v) is 1.99. The van der Waals surface area contributed by atoms with E-state index in [1.165, 1.54) is 0 Å². The molecule has 0 saturated heterocycles. The number of carbonyl (C=O) groups is 1. The largest absolute Gasteiger partial charge is 0.303 e. The van der Waals surface area contributed by atoms with E-state index < -0.39 is 0 Å². The van der Waals surface area contributed by atoms with Crippen LogP contribution in [0.1, 0.15) is 20.8 Å². The predicted molar refractivity (Wildman–Crippen MR) is 48.3 cm³/mol. The Kier molecular flexibility index (Phi) is 3.24. The minimum Gasteiger partial charge on any atom is -0.303 e. The second kappa shape index (κ2) is 3.51. The van der Waals surface area contributed by atoms with Crippen LogP contribution in [-0.4, -0.2) is 6.29 Å². The van der Waals surface area contributed by atoms with Crippen molar-refractivity contribution < 1.29 is 4.79 Å². The molecular formula is C10H16O. The summed E-state index contributed by atoms with van der Waals surface area (Å²) in [6.07, 6.45) is 2.73. The first-order valence-electron chi connectivity index (χ1n) is 3.70. The molecule has 0 rings (SSSR count). The molecule has 0 radical (unpaired) electrons. The summed E-state index contributed by atoms with van der Waals surface area (Å²) in [5.41, 5.74) is 0.720. The molecule has 62 valence electrons. The van der Waals surface area contributed by atoms with Gasteiger partial charge in [-0.05, 0) is 12.3 Å². The van der Waals surface area contributed by atoms with Crippen LogP contribution < -0.4 is 0 Å². The van der Waals surface area contributed by atoms with Gasteiger partial charge < -0.3 is 4.79 Å². The highest BCUT2D eigenvalue weighted by Gasteiger charge is 2.26. The van der Waals surface area contributed by atoms with E-state index in [0.29, 0.717) is 0 Å². The third-order valence-electron chi connectivity index (χ3n) is 1.99. The van der Waals surface area contributed by atoms with Crippen molar-refractivity contribution in [1.29, 1.82) is 0 Å². The van der Waals surface area contributed by atoms with Gasteiger partial charge in [0.15, 0.2) is 0 Å². The van der Waals surface area contributed by atoms with Crippen molar-refractivity contribution >= 4 is 6.29 Å². The Balaban J connectivity index is 4.62. The summed E-state index contributed by atoms with van der Waals surface area (Å²) in [5.74, 6) is -0.111. The van der Waals surface area contributed by atoms with Crippen molar-refractivity contribution in [3.63, 3.8) is 0 Å². The average molecular weight is 152 g/mol. The van der Waals surface area contributed by atoms with Crippen LogP contribution in [0.3, 0.4) is 0 Å². The molecule has 0 spiro atoms. The maximum absolute atomic E-state index is 10.6. The summed E-state index contributed by atoms with van der Waals surface area (Å²) in [4.78, 5) is 10.6. The lowest BCUT2D eigenvalue weighted by atomic mass is 9.76. The van der Waals surface area contributed by atoms with E-state index in [0.717, 1.165) is 11.9 Å². The summed E-state index contributed by atoms with van der Waals surface area (Å²) in [5, 5.41) is 0. The van der Waals surface area contributed by atoms with Crippen molar-refractivity contribution in [2.45, 2.75) is 20.8 Å². The zero-order valence-corrected chi connectivity index (χ0v) is 7.55. The van der Waals surface area contributed by atoms with Crippen molar-refractivity contribution in [2.75, 3.05) is 0 Å². The smallest absolute Gasteiger partial charge is 0.127 e. The minimum atomic E-state index is -0.173. The van der Waals surface area contributed by atoms with Gasteiger partial charge in [0.25, 0.3) is 0 Å². The van der Waals surface area contributed by atoms with Gasteiger partial charge in [0, 0.05) is 5.92 Å². The highest BCUT2D eigenvalue weighted by molar-refractivity contribution is 5.60. The monoisotopic (exact) mass is 152 g/mol. The minimum absolute atomic E-state index is 0.111. The van der Waals surface area contributed by atoms with Gasteiger partial charge >= 0.3 is 0 Å². The molecule has 0 fully saturated rings. The zero-order valence-electron chi connectivity index (χ0n) is 7.55. The van der Waals surface area contributed by atoms with Crippen LogP contribution in [0.5, 0.6) is 0 Å². The second-order valence-electron chi connectivity index (χ2n) is 3.49. The van der Waals surface area contributed by atoms with E-state index in [1.54, 1.807) is 6.08 Å². The molecule has 0 aromatic heterocycles. The number of aldehydes is 1. The lowest BCUT2D eigenvalue weighted by Crippen LogP contribution is -2.23. The molecular weight excluding hydrogens is 136 g/mol. The zero-order chi connectivity index (χ0) is 9.07. The molecule has 0 aliphatic carbocycles. The number of allylic oxidation sites excluding steroid dienone is 2. The van der Waals surface area contributed by atoms with Crippen LogP contribution in [0.2, 0.25) is 0 Å². The molecule has 0 aliphatic heterocycles. The van der Waals surface area contributed by atoms with Crippen molar-refractivity contribution in [3.05, 3.63) is 24.8 Å². The fourth-order valence-electron chi connectivity index (χ4n) is 1.05. The normalized spacial score (nSPS) is 13.7. The molecule has 1 heteroatoms. The van der Waals surface area contributed by atoms with Gasteiger partial charge in [-0.2, -0.15) is 0 Å². The molecule has 0 bridgehead atoms. The molecule has 1 atom stereocenters. The van der Waals surface area contributed by atoms with Crippen molar-refractivity contribution in [2.24, 2.45) is 11.3 Å². The molecule has 0 aliphatic rings. The van der Waals surface area contributed by atoms with Crippen molar-refractivity contribution in [1.82, 2.24) is 0 Å². The summed E-state index contributed by atoms with van der Waals surface area (Å²) < 4.78 is 0. The van der Waals surface area contributed by atoms with Gasteiger partial charge in [-0.25, -0.2) is 0 Å². The lowest BCUT2D eigenvalue weighted by molar-refractivity contribution is -0.112. The Labute approximate surface area is 68.8 Å². The van der Waals surface area contributed by atoms with E-state index in [2.05, 4.69) is 13.2 Å². The van der Waals surface area contributed by atoms with Gasteiger partial charge in [0.1, 0.15) is 6.29 Å². The summed E-state index contributed by atoms with van der Waals surface area (Å²) >= 11 is 0. The standard InChI is InChI=1S/C10H16O/c1-6-10(4,5)9(7-11)8(2)3/h6-7,9H,1-2H2,3-5H3. The Morgan fingerprint density at radius 2 is 2.00 bits per heavy atom. The fraction of sp³-hybridized carbons (Fsp3) is 0.500. The number of hydrogen-bond acceptors (Lipinski definition) is 1. The number of hydrogen-bond donors (Lipinski definition) is 0. The molecule has 0 N–H and O–H groups in total. The first-order chi connectivity index (χ1) is 4.95. The summed E-state index contributed by atoms with van der Waals surface area (Å²) in [7, 11) is 0. The topological polar surface area (TPSA) is 17.1 Å². The average Bonchev–Trinajstić information content (AvgIpc) is 1.88. The molecule has 0 heterocycles. The Hall–Kier alpha value is -0.850. The third kappa shape index (κ3) is 2.34. The Morgan fingerprint density at radius 3 is 2.09 bits per heavy atom. The second-order valence-corrected chi connectivity index (χ2v) is 3.49. The molecule has 0 aromatic carbocycles. The first-order valence-corrected chi connectivity index (χ1v) is 3.70. The van der Waals surface area contributed by atoms with Crippen LogP contribution in [0, 0.1) is 11.3 Å². The van der Waals surface area contributed by atoms with E-state index in [-0.39, 0.29) is 11.3 Å². The van der Waals surface area contributed by atoms with Gasteiger partial charge in [-0.3, -0.25) is 0 Å². The summed E-state index contributed by atoms with van der Waals surface area (Å²) in [6.45, 7) is 13.3. The predicted octanol–water partition coefficient (Wildman–Crippen LogP) is 2.59. The van der Waals surface area contributed by atoms with Crippen LogP contribution in [0.4, 0.5) is 0 Å². The summed E-state index contributed by atoms with van der Waals surface area (Å²) in [6, 6.07) is 0. The fourth-order valence-corrected chi connectivity index (χ4v) is 1.05. The quantitative estimate of drug-likeness (QED) is 0.447. The number of rotatable bonds is 4. The molecule has 11 heavy (non-hydrogen) atoms. The lowest BCUT2D eigenvalue weighted by Gasteiger charge is -2.27. The van der Waals surface area contributed by atoms with Crippen molar-refractivity contribution in [3.8, 4) is 0 Å². The molecule has 0 aromatic rings. The molecule has 1 nitrogen and oxygen atoms in total. The highest BCUT2D eigenvalue weighted by Crippen LogP contribution is 2.30. The van der Waals surface area contributed by atoms with Gasteiger partial charge in [-0.1, -0.05) is 32.1 Å².